The van der Waals surface area contributed by atoms with Crippen LogP contribution in [0.4, 0.5) is 0 Å². The average molecular weight is 379 g/mol. The maximum atomic E-state index is 12.0. The first kappa shape index (κ1) is 19.1. The number of carbonyl (C=O) groups excluding carboxylic acids is 1. The van der Waals surface area contributed by atoms with Crippen LogP contribution >= 0.6 is 23.2 Å². The quantitative estimate of drug-likeness (QED) is 0.411. The van der Waals surface area contributed by atoms with Gasteiger partial charge in [0.15, 0.2) is 5.96 Å². The SMILES string of the molecule is CN=C(NCCNC(=O)c1ccccc1Cl)NCc1cccc(Cl)c1. The molecule has 7 heteroatoms. The predicted molar refractivity (Wildman–Crippen MR) is 103 cm³/mol. The van der Waals surface area contributed by atoms with Crippen LogP contribution < -0.4 is 16.0 Å². The number of hydrogen-bond acceptors (Lipinski definition) is 2. The molecule has 0 spiro atoms. The summed E-state index contributed by atoms with van der Waals surface area (Å²) < 4.78 is 0. The molecule has 2 rings (SSSR count). The van der Waals surface area contributed by atoms with E-state index in [1.54, 1.807) is 31.3 Å². The summed E-state index contributed by atoms with van der Waals surface area (Å²) in [4.78, 5) is 16.2. The molecule has 0 fully saturated rings. The van der Waals surface area contributed by atoms with E-state index in [4.69, 9.17) is 23.2 Å². The molecule has 0 unspecified atom stereocenters. The third-order valence-corrected chi connectivity index (χ3v) is 3.96. The van der Waals surface area contributed by atoms with Crippen LogP contribution in [0.15, 0.2) is 53.5 Å². The van der Waals surface area contributed by atoms with Crippen LogP contribution in [0.2, 0.25) is 10.0 Å². The van der Waals surface area contributed by atoms with E-state index in [1.807, 2.05) is 24.3 Å². The first-order chi connectivity index (χ1) is 12.1. The predicted octanol–water partition coefficient (Wildman–Crippen LogP) is 3.09. The minimum atomic E-state index is -0.200. The second-order valence-corrected chi connectivity index (χ2v) is 6.06. The van der Waals surface area contributed by atoms with Gasteiger partial charge in [-0.1, -0.05) is 47.5 Å². The lowest BCUT2D eigenvalue weighted by Gasteiger charge is -2.13. The molecule has 0 saturated heterocycles. The fourth-order valence-electron chi connectivity index (χ4n) is 2.15. The molecule has 0 heterocycles. The molecule has 2 aromatic carbocycles. The summed E-state index contributed by atoms with van der Waals surface area (Å²) in [6, 6.07) is 14.6. The smallest absolute Gasteiger partial charge is 0.252 e. The molecule has 0 radical (unpaired) electrons. The Morgan fingerprint density at radius 1 is 1.00 bits per heavy atom. The van der Waals surface area contributed by atoms with Crippen LogP contribution in [-0.2, 0) is 6.54 Å². The van der Waals surface area contributed by atoms with Gasteiger partial charge in [-0.3, -0.25) is 9.79 Å². The highest BCUT2D eigenvalue weighted by Crippen LogP contribution is 2.14. The van der Waals surface area contributed by atoms with Crippen LogP contribution in [0.1, 0.15) is 15.9 Å². The minimum absolute atomic E-state index is 0.200. The number of guanidine groups is 1. The summed E-state index contributed by atoms with van der Waals surface area (Å²) >= 11 is 12.0. The summed E-state index contributed by atoms with van der Waals surface area (Å²) in [5.41, 5.74) is 1.52. The lowest BCUT2D eigenvalue weighted by atomic mass is 10.2. The zero-order chi connectivity index (χ0) is 18.1. The van der Waals surface area contributed by atoms with Gasteiger partial charge in [-0.2, -0.15) is 0 Å². The first-order valence-corrected chi connectivity index (χ1v) is 8.57. The van der Waals surface area contributed by atoms with E-state index in [0.717, 1.165) is 5.56 Å². The molecule has 1 amide bonds. The van der Waals surface area contributed by atoms with E-state index in [2.05, 4.69) is 20.9 Å². The van der Waals surface area contributed by atoms with Gasteiger partial charge in [-0.05, 0) is 29.8 Å². The number of nitrogens with zero attached hydrogens (tertiary/aromatic N) is 1. The Balaban J connectivity index is 1.72. The molecule has 5 nitrogen and oxygen atoms in total. The molecule has 0 aliphatic rings. The molecule has 0 aromatic heterocycles. The minimum Gasteiger partial charge on any atom is -0.355 e. The highest BCUT2D eigenvalue weighted by molar-refractivity contribution is 6.33. The zero-order valence-electron chi connectivity index (χ0n) is 13.9. The molecule has 0 atom stereocenters. The Bertz CT molecular complexity index is 749. The van der Waals surface area contributed by atoms with Crippen LogP contribution in [-0.4, -0.2) is 32.0 Å². The Hall–Kier alpha value is -2.24. The van der Waals surface area contributed by atoms with Gasteiger partial charge in [0.25, 0.3) is 5.91 Å². The van der Waals surface area contributed by atoms with Gasteiger partial charge in [0, 0.05) is 31.7 Å². The van der Waals surface area contributed by atoms with Gasteiger partial charge in [-0.25, -0.2) is 0 Å². The number of rotatable bonds is 6. The van der Waals surface area contributed by atoms with Crippen LogP contribution in [0.5, 0.6) is 0 Å². The fourth-order valence-corrected chi connectivity index (χ4v) is 2.59. The first-order valence-electron chi connectivity index (χ1n) is 7.82. The maximum absolute atomic E-state index is 12.0. The van der Waals surface area contributed by atoms with E-state index in [1.165, 1.54) is 0 Å². The molecule has 0 saturated carbocycles. The van der Waals surface area contributed by atoms with Gasteiger partial charge < -0.3 is 16.0 Å². The van der Waals surface area contributed by atoms with E-state index in [-0.39, 0.29) is 5.91 Å². The van der Waals surface area contributed by atoms with Crippen molar-refractivity contribution in [1.29, 1.82) is 0 Å². The Morgan fingerprint density at radius 3 is 2.48 bits per heavy atom. The molecular formula is C18H20Cl2N4O. The summed E-state index contributed by atoms with van der Waals surface area (Å²) in [7, 11) is 1.69. The zero-order valence-corrected chi connectivity index (χ0v) is 15.4. The van der Waals surface area contributed by atoms with Gasteiger partial charge in [-0.15, -0.1) is 0 Å². The topological polar surface area (TPSA) is 65.5 Å². The molecule has 3 N–H and O–H groups in total. The maximum Gasteiger partial charge on any atom is 0.252 e. The lowest BCUT2D eigenvalue weighted by Crippen LogP contribution is -2.41. The third-order valence-electron chi connectivity index (χ3n) is 3.39. The molecule has 2 aromatic rings. The number of benzene rings is 2. The lowest BCUT2D eigenvalue weighted by molar-refractivity contribution is 0.0954. The number of halogens is 2. The monoisotopic (exact) mass is 378 g/mol. The fraction of sp³-hybridized carbons (Fsp3) is 0.222. The molecular weight excluding hydrogens is 359 g/mol. The normalized spacial score (nSPS) is 11.1. The molecule has 132 valence electrons. The van der Waals surface area contributed by atoms with Crippen LogP contribution in [0, 0.1) is 0 Å². The van der Waals surface area contributed by atoms with Crippen molar-refractivity contribution in [2.24, 2.45) is 4.99 Å². The summed E-state index contributed by atoms with van der Waals surface area (Å²) in [6.45, 7) is 1.58. The molecule has 25 heavy (non-hydrogen) atoms. The number of nitrogens with one attached hydrogen (secondary N) is 3. The van der Waals surface area contributed by atoms with Crippen molar-refractivity contribution in [2.45, 2.75) is 6.54 Å². The second-order valence-electron chi connectivity index (χ2n) is 5.22. The number of hydrogen-bond donors (Lipinski definition) is 3. The molecule has 0 aliphatic carbocycles. The highest BCUT2D eigenvalue weighted by Gasteiger charge is 2.08. The van der Waals surface area contributed by atoms with Gasteiger partial charge in [0.05, 0.1) is 10.6 Å². The van der Waals surface area contributed by atoms with Crippen molar-refractivity contribution in [3.05, 3.63) is 69.7 Å². The average Bonchev–Trinajstić information content (AvgIpc) is 2.61. The van der Waals surface area contributed by atoms with Crippen LogP contribution in [0.3, 0.4) is 0 Å². The molecule has 0 aliphatic heterocycles. The summed E-state index contributed by atoms with van der Waals surface area (Å²) in [5.74, 6) is 0.446. The number of aliphatic imine (C=N–C) groups is 1. The van der Waals surface area contributed by atoms with E-state index in [0.29, 0.717) is 41.2 Å². The van der Waals surface area contributed by atoms with Crippen LogP contribution in [0.25, 0.3) is 0 Å². The second kappa shape index (κ2) is 9.91. The van der Waals surface area contributed by atoms with Crippen molar-refractivity contribution in [2.75, 3.05) is 20.1 Å². The summed E-state index contributed by atoms with van der Waals surface area (Å²) in [5, 5.41) is 10.3. The van der Waals surface area contributed by atoms with E-state index >= 15 is 0 Å². The van der Waals surface area contributed by atoms with Crippen molar-refractivity contribution < 1.29 is 4.79 Å². The highest BCUT2D eigenvalue weighted by atomic mass is 35.5. The van der Waals surface area contributed by atoms with Crippen molar-refractivity contribution in [3.63, 3.8) is 0 Å². The number of amides is 1. The van der Waals surface area contributed by atoms with Crippen molar-refractivity contribution >= 4 is 35.1 Å². The Morgan fingerprint density at radius 2 is 1.76 bits per heavy atom. The van der Waals surface area contributed by atoms with Gasteiger partial charge in [0.2, 0.25) is 0 Å². The summed E-state index contributed by atoms with van der Waals surface area (Å²) in [6.07, 6.45) is 0. The van der Waals surface area contributed by atoms with E-state index in [9.17, 15) is 4.79 Å². The Labute approximate surface area is 157 Å². The standard InChI is InChI=1S/C18H20Cl2N4O/c1-21-18(24-12-13-5-4-6-14(19)11-13)23-10-9-22-17(25)15-7-2-3-8-16(15)20/h2-8,11H,9-10,12H2,1H3,(H,22,25)(H2,21,23,24). The number of carbonyl (C=O) groups is 1. The van der Waals surface area contributed by atoms with Gasteiger partial charge >= 0.3 is 0 Å². The van der Waals surface area contributed by atoms with Gasteiger partial charge in [0.1, 0.15) is 0 Å². The largest absolute Gasteiger partial charge is 0.355 e. The van der Waals surface area contributed by atoms with E-state index < -0.39 is 0 Å². The third kappa shape index (κ3) is 6.29. The van der Waals surface area contributed by atoms with Crippen molar-refractivity contribution in [1.82, 2.24) is 16.0 Å². The Kier molecular flexibility index (Phi) is 7.57. The van der Waals surface area contributed by atoms with Crippen molar-refractivity contribution in [3.8, 4) is 0 Å². The molecule has 0 bridgehead atoms.